The molecular weight excluding hydrogens is 266 g/mol. The van der Waals surface area contributed by atoms with Crippen LogP contribution in [-0.2, 0) is 0 Å². The molecule has 0 saturated carbocycles. The average molecular weight is 287 g/mol. The summed E-state index contributed by atoms with van der Waals surface area (Å²) in [6.45, 7) is 3.96. The first kappa shape index (κ1) is 15.3. The molecule has 2 aromatic rings. The maximum atomic E-state index is 12.3. The van der Waals surface area contributed by atoms with Gasteiger partial charge in [-0.2, -0.15) is 5.10 Å². The van der Waals surface area contributed by atoms with Crippen molar-refractivity contribution < 1.29 is 9.90 Å². The van der Waals surface area contributed by atoms with Gasteiger partial charge in [0, 0.05) is 17.7 Å². The third-order valence-electron chi connectivity index (χ3n) is 3.75. The van der Waals surface area contributed by atoms with Crippen molar-refractivity contribution in [2.24, 2.45) is 0 Å². The molecule has 5 heteroatoms. The Morgan fingerprint density at radius 2 is 2.10 bits per heavy atom. The average Bonchev–Trinajstić information content (AvgIpc) is 2.98. The van der Waals surface area contributed by atoms with Crippen LogP contribution >= 0.6 is 0 Å². The second-order valence-corrected chi connectivity index (χ2v) is 5.37. The molecule has 1 heterocycles. The minimum atomic E-state index is -0.413. The van der Waals surface area contributed by atoms with E-state index in [2.05, 4.69) is 15.5 Å². The fraction of sp³-hybridized carbons (Fsp3) is 0.375. The Labute approximate surface area is 124 Å². The third-order valence-corrected chi connectivity index (χ3v) is 3.75. The first-order valence-electron chi connectivity index (χ1n) is 7.12. The van der Waals surface area contributed by atoms with Gasteiger partial charge in [0.1, 0.15) is 5.69 Å². The molecule has 3 N–H and O–H groups in total. The first-order valence-corrected chi connectivity index (χ1v) is 7.12. The van der Waals surface area contributed by atoms with E-state index in [0.29, 0.717) is 12.1 Å². The summed E-state index contributed by atoms with van der Waals surface area (Å²) in [7, 11) is 0. The van der Waals surface area contributed by atoms with Crippen LogP contribution in [0.4, 0.5) is 0 Å². The number of carbonyl (C=O) groups excluding carboxylic acids is 1. The van der Waals surface area contributed by atoms with Gasteiger partial charge in [-0.3, -0.25) is 9.89 Å². The molecule has 1 amide bonds. The third kappa shape index (κ3) is 3.70. The van der Waals surface area contributed by atoms with Crippen LogP contribution in [0.5, 0.6) is 0 Å². The number of aromatic nitrogens is 2. The molecule has 1 atom stereocenters. The van der Waals surface area contributed by atoms with E-state index in [1.807, 2.05) is 44.2 Å². The minimum Gasteiger partial charge on any atom is -0.396 e. The molecule has 21 heavy (non-hydrogen) atoms. The van der Waals surface area contributed by atoms with Crippen LogP contribution < -0.4 is 5.32 Å². The van der Waals surface area contributed by atoms with Crippen LogP contribution in [0, 0.1) is 0 Å². The summed E-state index contributed by atoms with van der Waals surface area (Å²) < 4.78 is 0. The van der Waals surface area contributed by atoms with Crippen molar-refractivity contribution in [1.82, 2.24) is 15.5 Å². The number of aliphatic hydroxyl groups is 1. The second kappa shape index (κ2) is 6.54. The smallest absolute Gasteiger partial charge is 0.269 e. The maximum absolute atomic E-state index is 12.3. The van der Waals surface area contributed by atoms with Crippen molar-refractivity contribution in [2.45, 2.75) is 32.2 Å². The lowest BCUT2D eigenvalue weighted by Crippen LogP contribution is -2.46. The zero-order chi connectivity index (χ0) is 15.3. The minimum absolute atomic E-state index is 0.0445. The first-order chi connectivity index (χ1) is 10.1. The number of carbonyl (C=O) groups is 1. The number of rotatable bonds is 6. The Kier molecular flexibility index (Phi) is 4.75. The van der Waals surface area contributed by atoms with Crippen molar-refractivity contribution in [3.05, 3.63) is 42.1 Å². The van der Waals surface area contributed by atoms with Crippen LogP contribution in [0.1, 0.15) is 37.2 Å². The predicted octanol–water partition coefficient (Wildman–Crippen LogP) is 2.36. The van der Waals surface area contributed by atoms with Crippen LogP contribution in [-0.4, -0.2) is 33.4 Å². The number of aromatic amines is 1. The fourth-order valence-electron chi connectivity index (χ4n) is 2.11. The van der Waals surface area contributed by atoms with E-state index in [1.54, 1.807) is 6.07 Å². The summed E-state index contributed by atoms with van der Waals surface area (Å²) in [4.78, 5) is 12.3. The molecule has 0 spiro atoms. The van der Waals surface area contributed by atoms with Crippen LogP contribution in [0.25, 0.3) is 11.3 Å². The van der Waals surface area contributed by atoms with E-state index >= 15 is 0 Å². The Morgan fingerprint density at radius 1 is 1.38 bits per heavy atom. The molecule has 1 unspecified atom stereocenters. The zero-order valence-corrected chi connectivity index (χ0v) is 12.4. The summed E-state index contributed by atoms with van der Waals surface area (Å²) in [6, 6.07) is 11.4. The number of amides is 1. The Bertz CT molecular complexity index is 595. The number of aliphatic hydroxyl groups excluding tert-OH is 1. The Balaban J connectivity index is 2.12. The van der Waals surface area contributed by atoms with Crippen molar-refractivity contribution in [3.63, 3.8) is 0 Å². The quantitative estimate of drug-likeness (QED) is 0.763. The molecule has 0 aliphatic heterocycles. The van der Waals surface area contributed by atoms with Gasteiger partial charge in [-0.15, -0.1) is 0 Å². The standard InChI is InChI=1S/C16H21N3O2/c1-3-16(2,9-10-20)17-15(21)14-11-13(18-19-14)12-7-5-4-6-8-12/h4-8,11,20H,3,9-10H2,1-2H3,(H,17,21)(H,18,19). The van der Waals surface area contributed by atoms with Gasteiger partial charge in [0.25, 0.3) is 5.91 Å². The molecule has 1 aromatic heterocycles. The monoisotopic (exact) mass is 287 g/mol. The molecule has 0 aliphatic carbocycles. The highest BCUT2D eigenvalue weighted by molar-refractivity contribution is 5.93. The van der Waals surface area contributed by atoms with Crippen molar-refractivity contribution in [2.75, 3.05) is 6.61 Å². The molecule has 0 aliphatic rings. The number of H-pyrrole nitrogens is 1. The van der Waals surface area contributed by atoms with E-state index in [9.17, 15) is 4.79 Å². The molecule has 112 valence electrons. The topological polar surface area (TPSA) is 78.0 Å². The lowest BCUT2D eigenvalue weighted by atomic mass is 9.94. The predicted molar refractivity (Wildman–Crippen MR) is 81.9 cm³/mol. The van der Waals surface area contributed by atoms with Crippen LogP contribution in [0.2, 0.25) is 0 Å². The van der Waals surface area contributed by atoms with Gasteiger partial charge in [0.05, 0.1) is 5.69 Å². The van der Waals surface area contributed by atoms with Gasteiger partial charge in [-0.05, 0) is 25.8 Å². The Hall–Kier alpha value is -2.14. The summed E-state index contributed by atoms with van der Waals surface area (Å²) in [6.07, 6.45) is 1.27. The van der Waals surface area contributed by atoms with E-state index in [1.165, 1.54) is 0 Å². The number of benzene rings is 1. The van der Waals surface area contributed by atoms with E-state index in [4.69, 9.17) is 5.11 Å². The second-order valence-electron chi connectivity index (χ2n) is 5.37. The molecule has 5 nitrogen and oxygen atoms in total. The Morgan fingerprint density at radius 3 is 2.71 bits per heavy atom. The van der Waals surface area contributed by atoms with Crippen LogP contribution in [0.3, 0.4) is 0 Å². The van der Waals surface area contributed by atoms with E-state index in [-0.39, 0.29) is 12.5 Å². The van der Waals surface area contributed by atoms with Gasteiger partial charge in [-0.25, -0.2) is 0 Å². The highest BCUT2D eigenvalue weighted by atomic mass is 16.3. The van der Waals surface area contributed by atoms with Gasteiger partial charge in [-0.1, -0.05) is 37.3 Å². The number of hydrogen-bond donors (Lipinski definition) is 3. The van der Waals surface area contributed by atoms with E-state index < -0.39 is 5.54 Å². The highest BCUT2D eigenvalue weighted by Gasteiger charge is 2.25. The molecule has 0 bridgehead atoms. The number of nitrogens with zero attached hydrogens (tertiary/aromatic N) is 1. The molecular formula is C16H21N3O2. The van der Waals surface area contributed by atoms with Gasteiger partial charge < -0.3 is 10.4 Å². The summed E-state index contributed by atoms with van der Waals surface area (Å²) in [5, 5.41) is 19.0. The van der Waals surface area contributed by atoms with Gasteiger partial charge in [0.2, 0.25) is 0 Å². The van der Waals surface area contributed by atoms with Gasteiger partial charge >= 0.3 is 0 Å². The molecule has 2 rings (SSSR count). The zero-order valence-electron chi connectivity index (χ0n) is 12.4. The van der Waals surface area contributed by atoms with E-state index in [0.717, 1.165) is 17.7 Å². The summed E-state index contributed by atoms with van der Waals surface area (Å²) >= 11 is 0. The van der Waals surface area contributed by atoms with Crippen molar-refractivity contribution in [1.29, 1.82) is 0 Å². The number of hydrogen-bond acceptors (Lipinski definition) is 3. The molecule has 0 fully saturated rings. The fourth-order valence-corrected chi connectivity index (χ4v) is 2.11. The lowest BCUT2D eigenvalue weighted by Gasteiger charge is -2.28. The van der Waals surface area contributed by atoms with Crippen molar-refractivity contribution >= 4 is 5.91 Å². The van der Waals surface area contributed by atoms with Gasteiger partial charge in [0.15, 0.2) is 0 Å². The molecule has 1 aromatic carbocycles. The lowest BCUT2D eigenvalue weighted by molar-refractivity contribution is 0.0881. The maximum Gasteiger partial charge on any atom is 0.269 e. The molecule has 0 saturated heterocycles. The van der Waals surface area contributed by atoms with Crippen molar-refractivity contribution in [3.8, 4) is 11.3 Å². The largest absolute Gasteiger partial charge is 0.396 e. The summed E-state index contributed by atoms with van der Waals surface area (Å²) in [5.74, 6) is -0.206. The molecule has 0 radical (unpaired) electrons. The summed E-state index contributed by atoms with van der Waals surface area (Å²) in [5.41, 5.74) is 1.71. The highest BCUT2D eigenvalue weighted by Crippen LogP contribution is 2.18. The van der Waals surface area contributed by atoms with Crippen LogP contribution in [0.15, 0.2) is 36.4 Å². The SMILES string of the molecule is CCC(C)(CCO)NC(=O)c1cc(-c2ccccc2)n[nH]1. The number of nitrogens with one attached hydrogen (secondary N) is 2. The normalized spacial score (nSPS) is 13.7.